The summed E-state index contributed by atoms with van der Waals surface area (Å²) in [5.41, 5.74) is 2.64. The van der Waals surface area contributed by atoms with Gasteiger partial charge < -0.3 is 9.05 Å². The summed E-state index contributed by atoms with van der Waals surface area (Å²) in [6.45, 7) is 3.65. The van der Waals surface area contributed by atoms with Crippen LogP contribution in [0.5, 0.6) is 0 Å². The van der Waals surface area contributed by atoms with Gasteiger partial charge in [-0.1, -0.05) is 67.6 Å². The zero-order valence-corrected chi connectivity index (χ0v) is 14.2. The molecule has 0 unspecified atom stereocenters. The molecule has 0 fully saturated rings. The monoisotopic (exact) mass is 316 g/mol. The molecular weight excluding hydrogens is 291 g/mol. The molecule has 118 valence electrons. The lowest BCUT2D eigenvalue weighted by molar-refractivity contribution is 0.253. The Morgan fingerprint density at radius 2 is 1.18 bits per heavy atom. The van der Waals surface area contributed by atoms with E-state index in [0.29, 0.717) is 0 Å². The van der Waals surface area contributed by atoms with Gasteiger partial charge in [-0.05, 0) is 30.4 Å². The molecule has 0 saturated heterocycles. The highest BCUT2D eigenvalue weighted by Crippen LogP contribution is 2.39. The molecule has 0 saturated carbocycles. The molecule has 2 rings (SSSR count). The highest BCUT2D eigenvalue weighted by Gasteiger charge is 2.09. The fourth-order valence-electron chi connectivity index (χ4n) is 2.17. The van der Waals surface area contributed by atoms with Crippen molar-refractivity contribution in [3.8, 4) is 0 Å². The predicted octanol–water partition coefficient (Wildman–Crippen LogP) is 5.23. The summed E-state index contributed by atoms with van der Waals surface area (Å²) >= 11 is 0. The number of hydrogen-bond acceptors (Lipinski definition) is 2. The number of benzene rings is 2. The predicted molar refractivity (Wildman–Crippen MR) is 94.3 cm³/mol. The Morgan fingerprint density at radius 1 is 0.727 bits per heavy atom. The van der Waals surface area contributed by atoms with Crippen LogP contribution in [-0.2, 0) is 21.9 Å². The van der Waals surface area contributed by atoms with Gasteiger partial charge >= 0.3 is 0 Å². The molecule has 2 aromatic carbocycles. The van der Waals surface area contributed by atoms with Crippen LogP contribution in [0.1, 0.15) is 24.5 Å². The maximum Gasteiger partial charge on any atom is 0.170 e. The van der Waals surface area contributed by atoms with E-state index in [-0.39, 0.29) is 0 Å². The summed E-state index contributed by atoms with van der Waals surface area (Å²) in [4.78, 5) is 0. The van der Waals surface area contributed by atoms with Gasteiger partial charge in [-0.15, -0.1) is 0 Å². The lowest BCUT2D eigenvalue weighted by Crippen LogP contribution is -2.02. The average Bonchev–Trinajstić information content (AvgIpc) is 2.57. The lowest BCUT2D eigenvalue weighted by Gasteiger charge is -2.17. The first-order valence-electron chi connectivity index (χ1n) is 7.99. The molecule has 0 atom stereocenters. The van der Waals surface area contributed by atoms with Crippen LogP contribution in [0.4, 0.5) is 0 Å². The maximum absolute atomic E-state index is 5.97. The van der Waals surface area contributed by atoms with Crippen molar-refractivity contribution in [2.45, 2.75) is 26.2 Å². The van der Waals surface area contributed by atoms with Crippen LogP contribution in [0.3, 0.4) is 0 Å². The Hall–Kier alpha value is -1.21. The highest BCUT2D eigenvalue weighted by molar-refractivity contribution is 7.47. The molecule has 22 heavy (non-hydrogen) atoms. The molecule has 0 spiro atoms. The molecule has 2 aromatic rings. The Balaban J connectivity index is 1.68. The number of hydrogen-bond donors (Lipinski definition) is 0. The van der Waals surface area contributed by atoms with E-state index in [2.05, 4.69) is 55.5 Å². The van der Waals surface area contributed by atoms with Crippen molar-refractivity contribution >= 4 is 8.38 Å². The molecule has 3 heteroatoms. The molecule has 0 aliphatic heterocycles. The maximum atomic E-state index is 5.97. The molecule has 0 radical (unpaired) electrons. The van der Waals surface area contributed by atoms with Crippen molar-refractivity contribution in [1.29, 1.82) is 0 Å². The zero-order valence-electron chi connectivity index (χ0n) is 13.3. The van der Waals surface area contributed by atoms with Gasteiger partial charge in [0.15, 0.2) is 8.38 Å². The Labute approximate surface area is 135 Å². The standard InChI is InChI=1S/C19H25O2P/c1-2-17-22(20-15-13-18-9-5-3-6-10-18)21-16-14-19-11-7-4-8-12-19/h3-12H,2,13-17H2,1H3. The molecule has 2 nitrogen and oxygen atoms in total. The van der Waals surface area contributed by atoms with Crippen molar-refractivity contribution in [3.05, 3.63) is 71.8 Å². The van der Waals surface area contributed by atoms with Gasteiger partial charge in [0.1, 0.15) is 0 Å². The van der Waals surface area contributed by atoms with Crippen LogP contribution in [0.15, 0.2) is 60.7 Å². The van der Waals surface area contributed by atoms with Gasteiger partial charge in [0, 0.05) is 6.16 Å². The fourth-order valence-corrected chi connectivity index (χ4v) is 3.46. The Kier molecular flexibility index (Phi) is 8.19. The van der Waals surface area contributed by atoms with Crippen molar-refractivity contribution < 1.29 is 9.05 Å². The molecular formula is C19H25O2P. The van der Waals surface area contributed by atoms with Crippen LogP contribution in [0.25, 0.3) is 0 Å². The average molecular weight is 316 g/mol. The Morgan fingerprint density at radius 3 is 1.59 bits per heavy atom. The van der Waals surface area contributed by atoms with Crippen LogP contribution in [-0.4, -0.2) is 19.4 Å². The van der Waals surface area contributed by atoms with E-state index < -0.39 is 8.38 Å². The quantitative estimate of drug-likeness (QED) is 0.559. The van der Waals surface area contributed by atoms with Crippen molar-refractivity contribution in [3.63, 3.8) is 0 Å². The van der Waals surface area contributed by atoms with Crippen molar-refractivity contribution in [1.82, 2.24) is 0 Å². The molecule has 0 aromatic heterocycles. The minimum atomic E-state index is -0.753. The first-order valence-corrected chi connectivity index (χ1v) is 9.36. The molecule has 0 bridgehead atoms. The number of rotatable bonds is 10. The van der Waals surface area contributed by atoms with Gasteiger partial charge in [0.05, 0.1) is 13.2 Å². The molecule has 0 aliphatic carbocycles. The SMILES string of the molecule is CCCP(OCCc1ccccc1)OCCc1ccccc1. The lowest BCUT2D eigenvalue weighted by atomic mass is 10.2. The summed E-state index contributed by atoms with van der Waals surface area (Å²) in [5, 5.41) is 0. The Bertz CT molecular complexity index is 456. The highest BCUT2D eigenvalue weighted by atomic mass is 31.2. The minimum Gasteiger partial charge on any atom is -0.334 e. The van der Waals surface area contributed by atoms with Crippen molar-refractivity contribution in [2.75, 3.05) is 19.4 Å². The smallest absolute Gasteiger partial charge is 0.170 e. The topological polar surface area (TPSA) is 18.5 Å². The van der Waals surface area contributed by atoms with E-state index in [1.165, 1.54) is 11.1 Å². The second kappa shape index (κ2) is 10.5. The van der Waals surface area contributed by atoms with E-state index in [1.807, 2.05) is 12.1 Å². The van der Waals surface area contributed by atoms with E-state index in [9.17, 15) is 0 Å². The second-order valence-corrected chi connectivity index (χ2v) is 6.82. The first kappa shape index (κ1) is 17.1. The van der Waals surface area contributed by atoms with Crippen molar-refractivity contribution in [2.24, 2.45) is 0 Å². The zero-order chi connectivity index (χ0) is 15.5. The van der Waals surface area contributed by atoms with Gasteiger partial charge in [-0.3, -0.25) is 0 Å². The van der Waals surface area contributed by atoms with Crippen LogP contribution in [0.2, 0.25) is 0 Å². The van der Waals surface area contributed by atoms with Crippen LogP contribution < -0.4 is 0 Å². The summed E-state index contributed by atoms with van der Waals surface area (Å²) in [6.07, 6.45) is 4.01. The summed E-state index contributed by atoms with van der Waals surface area (Å²) in [6, 6.07) is 20.9. The first-order chi connectivity index (χ1) is 10.9. The van der Waals surface area contributed by atoms with Crippen LogP contribution >= 0.6 is 8.38 Å². The third kappa shape index (κ3) is 6.70. The second-order valence-electron chi connectivity index (χ2n) is 5.19. The van der Waals surface area contributed by atoms with E-state index in [1.54, 1.807) is 0 Å². The third-order valence-electron chi connectivity index (χ3n) is 3.34. The normalized spacial score (nSPS) is 11.0. The van der Waals surface area contributed by atoms with Crippen LogP contribution in [0, 0.1) is 0 Å². The molecule has 0 amide bonds. The summed E-state index contributed by atoms with van der Waals surface area (Å²) in [5.74, 6) is 0. The van der Waals surface area contributed by atoms with E-state index in [4.69, 9.17) is 9.05 Å². The van der Waals surface area contributed by atoms with Gasteiger partial charge in [-0.25, -0.2) is 0 Å². The van der Waals surface area contributed by atoms with E-state index in [0.717, 1.165) is 38.6 Å². The third-order valence-corrected chi connectivity index (χ3v) is 5.10. The molecule has 0 N–H and O–H groups in total. The molecule has 0 aliphatic rings. The van der Waals surface area contributed by atoms with Gasteiger partial charge in [0.2, 0.25) is 0 Å². The fraction of sp³-hybridized carbons (Fsp3) is 0.368. The van der Waals surface area contributed by atoms with Gasteiger partial charge in [-0.2, -0.15) is 0 Å². The van der Waals surface area contributed by atoms with Gasteiger partial charge in [0.25, 0.3) is 0 Å². The minimum absolute atomic E-state index is 0.737. The largest absolute Gasteiger partial charge is 0.334 e. The molecule has 0 heterocycles. The summed E-state index contributed by atoms with van der Waals surface area (Å²) < 4.78 is 11.9. The van der Waals surface area contributed by atoms with E-state index >= 15 is 0 Å². The summed E-state index contributed by atoms with van der Waals surface area (Å²) in [7, 11) is -0.753.